The van der Waals surface area contributed by atoms with Crippen LogP contribution in [0.15, 0.2) is 24.2 Å². The first-order valence-corrected chi connectivity index (χ1v) is 5.48. The number of methoxy groups -OCH3 is 1. The SMILES string of the molecule is [2H]c1c([2H])c(C)c([2H])c(C([2H])([2H])NC(=O)C([2H])(CC(C)=O)C([2H])([2H])OC)c1[2H]. The summed E-state index contributed by atoms with van der Waals surface area (Å²) in [6, 6.07) is -2.44. The van der Waals surface area contributed by atoms with Crippen molar-refractivity contribution in [2.75, 3.05) is 13.7 Å². The highest BCUT2D eigenvalue weighted by Crippen LogP contribution is 2.07. The van der Waals surface area contributed by atoms with Crippen LogP contribution in [0.3, 0.4) is 0 Å². The monoisotopic (exact) mass is 272 g/mol. The first-order chi connectivity index (χ1) is 12.5. The van der Waals surface area contributed by atoms with Crippen LogP contribution in [-0.4, -0.2) is 25.4 Å². The summed E-state index contributed by atoms with van der Waals surface area (Å²) in [7, 11) is 0.887. The minimum Gasteiger partial charge on any atom is -0.384 e. The second-order valence-electron chi connectivity index (χ2n) is 3.74. The Hall–Kier alpha value is -1.68. The van der Waals surface area contributed by atoms with Gasteiger partial charge in [-0.15, -0.1) is 0 Å². The molecule has 19 heavy (non-hydrogen) atoms. The molecule has 0 aromatic heterocycles. The second kappa shape index (κ2) is 7.69. The highest BCUT2D eigenvalue weighted by atomic mass is 16.5. The largest absolute Gasteiger partial charge is 0.384 e. The van der Waals surface area contributed by atoms with Crippen molar-refractivity contribution in [2.45, 2.75) is 26.8 Å². The fourth-order valence-electron chi connectivity index (χ4n) is 1.23. The second-order valence-corrected chi connectivity index (χ2v) is 3.74. The van der Waals surface area contributed by atoms with Gasteiger partial charge in [-0.3, -0.25) is 4.79 Å². The summed E-state index contributed by atoms with van der Waals surface area (Å²) in [4.78, 5) is 24.1. The van der Waals surface area contributed by atoms with E-state index in [-0.39, 0.29) is 5.56 Å². The van der Waals surface area contributed by atoms with Crippen LogP contribution in [0.25, 0.3) is 0 Å². The molecule has 0 spiro atoms. The van der Waals surface area contributed by atoms with Gasteiger partial charge in [0.25, 0.3) is 0 Å². The summed E-state index contributed by atoms with van der Waals surface area (Å²) >= 11 is 0. The lowest BCUT2D eigenvalue weighted by molar-refractivity contribution is -0.130. The van der Waals surface area contributed by atoms with Gasteiger partial charge in [-0.1, -0.05) is 29.7 Å². The van der Waals surface area contributed by atoms with Crippen molar-refractivity contribution in [3.63, 3.8) is 0 Å². The van der Waals surface area contributed by atoms with E-state index in [1.54, 1.807) is 5.32 Å². The Bertz CT molecular complexity index is 783. The number of benzene rings is 1. The average molecular weight is 272 g/mol. The van der Waals surface area contributed by atoms with Crippen LogP contribution >= 0.6 is 0 Å². The maximum Gasteiger partial charge on any atom is 0.226 e. The van der Waals surface area contributed by atoms with Gasteiger partial charge < -0.3 is 14.8 Å². The predicted octanol–water partition coefficient (Wildman–Crippen LogP) is 1.85. The molecule has 1 atom stereocenters. The van der Waals surface area contributed by atoms with Crippen LogP contribution in [0.5, 0.6) is 0 Å². The number of nitrogens with one attached hydrogen (secondary N) is 1. The van der Waals surface area contributed by atoms with Gasteiger partial charge in [0.2, 0.25) is 5.91 Å². The Balaban J connectivity index is 3.50. The lowest BCUT2D eigenvalue weighted by atomic mass is 10.0. The van der Waals surface area contributed by atoms with E-state index in [0.29, 0.717) is 0 Å². The number of hydrogen-bond acceptors (Lipinski definition) is 3. The first-order valence-electron chi connectivity index (χ1n) is 9.98. The molecule has 1 aromatic rings. The summed E-state index contributed by atoms with van der Waals surface area (Å²) in [6.45, 7) is -3.58. The van der Waals surface area contributed by atoms with E-state index in [1.165, 1.54) is 6.92 Å². The molecule has 1 amide bonds. The molecule has 0 bridgehead atoms. The van der Waals surface area contributed by atoms with Gasteiger partial charge in [0.1, 0.15) is 5.78 Å². The molecule has 0 radical (unpaired) electrons. The van der Waals surface area contributed by atoms with Crippen molar-refractivity contribution < 1.29 is 26.7 Å². The van der Waals surface area contributed by atoms with Gasteiger partial charge >= 0.3 is 0 Å². The Morgan fingerprint density at radius 2 is 2.32 bits per heavy atom. The van der Waals surface area contributed by atoms with Crippen molar-refractivity contribution >= 4 is 11.7 Å². The lowest BCUT2D eigenvalue weighted by Gasteiger charge is -2.14. The van der Waals surface area contributed by atoms with Crippen molar-refractivity contribution in [3.8, 4) is 0 Å². The summed E-state index contributed by atoms with van der Waals surface area (Å²) in [5.41, 5.74) is -0.787. The minimum atomic E-state index is -2.95. The third kappa shape index (κ3) is 5.66. The summed E-state index contributed by atoms with van der Waals surface area (Å²) in [5, 5.41) is 1.76. The number of amides is 1. The van der Waals surface area contributed by atoms with Crippen molar-refractivity contribution in [2.24, 2.45) is 5.89 Å². The molecule has 0 aliphatic rings. The average Bonchev–Trinajstić information content (AvgIpc) is 2.56. The number of rotatable bonds is 7. The summed E-state index contributed by atoms with van der Waals surface area (Å²) in [6.07, 6.45) is -0.911. The number of ether oxygens (including phenoxy) is 1. The van der Waals surface area contributed by atoms with E-state index >= 15 is 0 Å². The van der Waals surface area contributed by atoms with E-state index in [9.17, 15) is 9.59 Å². The van der Waals surface area contributed by atoms with Gasteiger partial charge in [0.05, 0.1) is 23.4 Å². The topological polar surface area (TPSA) is 55.4 Å². The Morgan fingerprint density at radius 1 is 1.58 bits per heavy atom. The van der Waals surface area contributed by atoms with Crippen LogP contribution in [-0.2, 0) is 20.8 Å². The molecular formula is C15H21NO3. The maximum absolute atomic E-state index is 12.6. The van der Waals surface area contributed by atoms with Gasteiger partial charge in [-0.25, -0.2) is 0 Å². The molecule has 0 fully saturated rings. The zero-order chi connectivity index (χ0) is 22.2. The van der Waals surface area contributed by atoms with Gasteiger partial charge in [-0.05, 0) is 19.4 Å². The molecule has 104 valence electrons. The fraction of sp³-hybridized carbons (Fsp3) is 0.467. The molecule has 0 aliphatic heterocycles. The van der Waals surface area contributed by atoms with E-state index in [0.717, 1.165) is 14.0 Å². The quantitative estimate of drug-likeness (QED) is 0.824. The molecule has 4 nitrogen and oxygen atoms in total. The van der Waals surface area contributed by atoms with E-state index in [1.807, 2.05) is 0 Å². The zero-order valence-corrected chi connectivity index (χ0v) is 10.9. The highest BCUT2D eigenvalue weighted by Gasteiger charge is 2.19. The number of carbonyl (C=O) groups excluding carboxylic acids is 2. The third-order valence-corrected chi connectivity index (χ3v) is 1.98. The zero-order valence-electron chi connectivity index (χ0n) is 19.9. The lowest BCUT2D eigenvalue weighted by Crippen LogP contribution is -2.33. The molecule has 0 saturated heterocycles. The third-order valence-electron chi connectivity index (χ3n) is 1.98. The smallest absolute Gasteiger partial charge is 0.226 e. The summed E-state index contributed by atoms with van der Waals surface area (Å²) < 4.78 is 75.6. The molecule has 4 heteroatoms. The van der Waals surface area contributed by atoms with Crippen molar-refractivity contribution in [1.29, 1.82) is 0 Å². The predicted molar refractivity (Wildman–Crippen MR) is 73.7 cm³/mol. The first kappa shape index (κ1) is 6.66. The molecular weight excluding hydrogens is 242 g/mol. The Morgan fingerprint density at radius 3 is 2.95 bits per heavy atom. The van der Waals surface area contributed by atoms with Gasteiger partial charge in [0.15, 0.2) is 0 Å². The van der Waals surface area contributed by atoms with Crippen molar-refractivity contribution in [3.05, 3.63) is 35.3 Å². The normalized spacial score (nSPS) is 21.9. The fourth-order valence-corrected chi connectivity index (χ4v) is 1.23. The molecule has 1 aromatic carbocycles. The van der Waals surface area contributed by atoms with Crippen LogP contribution in [0.1, 0.15) is 36.8 Å². The van der Waals surface area contributed by atoms with E-state index < -0.39 is 66.8 Å². The number of ketones is 1. The van der Waals surface area contributed by atoms with Gasteiger partial charge in [0, 0.05) is 21.4 Å². The molecule has 1 rings (SSSR count). The van der Waals surface area contributed by atoms with E-state index in [2.05, 4.69) is 4.74 Å². The Kier molecular flexibility index (Phi) is 2.69. The van der Waals surface area contributed by atoms with Crippen LogP contribution in [0.4, 0.5) is 0 Å². The number of Topliss-reactive ketones (excluding diaryl/α,β-unsaturated/α-hetero) is 1. The van der Waals surface area contributed by atoms with E-state index in [4.69, 9.17) is 12.3 Å². The maximum atomic E-state index is 12.6. The highest BCUT2D eigenvalue weighted by molar-refractivity contribution is 5.85. The standard InChI is InChI=1S/C15H21NO3/c1-11-5-4-6-13(7-11)9-16-15(18)14(10-19-3)8-12(2)17/h4-7,14H,8-10H2,1-3H3,(H,16,18)/i4D,5D,6D,7D,9D2,10D2,14D. The number of carbonyl (C=O) groups is 2. The minimum absolute atomic E-state index is 0.0813. The van der Waals surface area contributed by atoms with Crippen LogP contribution < -0.4 is 5.32 Å². The van der Waals surface area contributed by atoms with Gasteiger partial charge in [-0.2, -0.15) is 0 Å². The molecule has 1 unspecified atom stereocenters. The molecule has 0 aliphatic carbocycles. The molecule has 1 N–H and O–H groups in total. The molecule has 0 saturated carbocycles. The molecule has 0 heterocycles. The van der Waals surface area contributed by atoms with Crippen LogP contribution in [0.2, 0.25) is 0 Å². The number of hydrogen-bond donors (Lipinski definition) is 1. The summed E-state index contributed by atoms with van der Waals surface area (Å²) in [5.74, 6) is -5.09. The Labute approximate surface area is 126 Å². The van der Waals surface area contributed by atoms with Crippen LogP contribution in [0, 0.1) is 12.8 Å². The van der Waals surface area contributed by atoms with Crippen molar-refractivity contribution in [1.82, 2.24) is 5.32 Å².